The summed E-state index contributed by atoms with van der Waals surface area (Å²) in [5, 5.41) is 5.07. The van der Waals surface area contributed by atoms with Gasteiger partial charge < -0.3 is 21.1 Å². The van der Waals surface area contributed by atoms with Crippen LogP contribution in [0.3, 0.4) is 0 Å². The largest absolute Gasteiger partial charge is 0.381 e. The number of nitrogens with one attached hydrogen (secondary N) is 2. The van der Waals surface area contributed by atoms with Gasteiger partial charge in [0.25, 0.3) is 0 Å². The number of rotatable bonds is 3. The standard InChI is InChI=1S/C9H17N3O3/c10-3-4-11-8(13)9(14)12-7-1-5-15-6-2-7/h7H,1-6,10H2,(H,11,13)(H,12,14). The van der Waals surface area contributed by atoms with Crippen molar-refractivity contribution in [3.63, 3.8) is 0 Å². The lowest BCUT2D eigenvalue weighted by molar-refractivity contribution is -0.139. The fraction of sp³-hybridized carbons (Fsp3) is 0.778. The van der Waals surface area contributed by atoms with Crippen LogP contribution in [0, 0.1) is 0 Å². The van der Waals surface area contributed by atoms with E-state index in [9.17, 15) is 9.59 Å². The first-order valence-corrected chi connectivity index (χ1v) is 5.10. The van der Waals surface area contributed by atoms with E-state index in [4.69, 9.17) is 10.5 Å². The third-order valence-electron chi connectivity index (χ3n) is 2.19. The van der Waals surface area contributed by atoms with Crippen molar-refractivity contribution in [3.05, 3.63) is 0 Å². The Balaban J connectivity index is 2.24. The van der Waals surface area contributed by atoms with Gasteiger partial charge in [-0.1, -0.05) is 0 Å². The Morgan fingerprint density at radius 3 is 2.53 bits per heavy atom. The summed E-state index contributed by atoms with van der Waals surface area (Å²) in [5.74, 6) is -1.21. The molecule has 1 heterocycles. The van der Waals surface area contributed by atoms with Crippen molar-refractivity contribution in [1.29, 1.82) is 0 Å². The van der Waals surface area contributed by atoms with Crippen LogP contribution in [0.15, 0.2) is 0 Å². The van der Waals surface area contributed by atoms with Crippen LogP contribution < -0.4 is 16.4 Å². The van der Waals surface area contributed by atoms with E-state index >= 15 is 0 Å². The lowest BCUT2D eigenvalue weighted by Gasteiger charge is -2.22. The van der Waals surface area contributed by atoms with E-state index in [1.165, 1.54) is 0 Å². The van der Waals surface area contributed by atoms with Gasteiger partial charge in [-0.25, -0.2) is 0 Å². The van der Waals surface area contributed by atoms with Crippen LogP contribution in [0.5, 0.6) is 0 Å². The maximum Gasteiger partial charge on any atom is 0.309 e. The minimum Gasteiger partial charge on any atom is -0.381 e. The predicted molar refractivity (Wildman–Crippen MR) is 54.0 cm³/mol. The van der Waals surface area contributed by atoms with Crippen LogP contribution in [0.25, 0.3) is 0 Å². The Morgan fingerprint density at radius 1 is 1.27 bits per heavy atom. The fourth-order valence-electron chi connectivity index (χ4n) is 1.36. The Labute approximate surface area is 88.5 Å². The summed E-state index contributed by atoms with van der Waals surface area (Å²) in [7, 11) is 0. The molecule has 0 atom stereocenters. The topological polar surface area (TPSA) is 93.5 Å². The third kappa shape index (κ3) is 4.26. The van der Waals surface area contributed by atoms with Crippen molar-refractivity contribution in [2.45, 2.75) is 18.9 Å². The van der Waals surface area contributed by atoms with Crippen LogP contribution in [-0.4, -0.2) is 44.2 Å². The normalized spacial score (nSPS) is 17.1. The molecule has 6 nitrogen and oxygen atoms in total. The predicted octanol–water partition coefficient (Wildman–Crippen LogP) is -1.64. The summed E-state index contributed by atoms with van der Waals surface area (Å²) < 4.78 is 5.14. The second-order valence-electron chi connectivity index (χ2n) is 3.40. The van der Waals surface area contributed by atoms with E-state index in [1.54, 1.807) is 0 Å². The summed E-state index contributed by atoms with van der Waals surface area (Å²) in [5.41, 5.74) is 5.20. The summed E-state index contributed by atoms with van der Waals surface area (Å²) >= 11 is 0. The van der Waals surface area contributed by atoms with Gasteiger partial charge in [0.2, 0.25) is 0 Å². The van der Waals surface area contributed by atoms with E-state index in [1.807, 2.05) is 0 Å². The molecule has 1 aliphatic rings. The van der Waals surface area contributed by atoms with Gasteiger partial charge >= 0.3 is 11.8 Å². The zero-order chi connectivity index (χ0) is 11.1. The van der Waals surface area contributed by atoms with Crippen LogP contribution in [-0.2, 0) is 14.3 Å². The van der Waals surface area contributed by atoms with E-state index in [0.29, 0.717) is 26.3 Å². The Morgan fingerprint density at radius 2 is 1.93 bits per heavy atom. The van der Waals surface area contributed by atoms with Gasteiger partial charge in [0.15, 0.2) is 0 Å². The number of hydrogen-bond donors (Lipinski definition) is 3. The molecule has 0 spiro atoms. The van der Waals surface area contributed by atoms with Crippen LogP contribution in [0.4, 0.5) is 0 Å². The smallest absolute Gasteiger partial charge is 0.309 e. The highest BCUT2D eigenvalue weighted by molar-refractivity contribution is 6.35. The highest BCUT2D eigenvalue weighted by Crippen LogP contribution is 2.05. The highest BCUT2D eigenvalue weighted by Gasteiger charge is 2.19. The molecule has 0 radical (unpaired) electrons. The number of hydrogen-bond acceptors (Lipinski definition) is 4. The lowest BCUT2D eigenvalue weighted by atomic mass is 10.1. The van der Waals surface area contributed by atoms with Crippen molar-refractivity contribution in [2.75, 3.05) is 26.3 Å². The van der Waals surface area contributed by atoms with Crippen molar-refractivity contribution < 1.29 is 14.3 Å². The van der Waals surface area contributed by atoms with Gasteiger partial charge in [0.05, 0.1) is 0 Å². The van der Waals surface area contributed by atoms with Crippen LogP contribution >= 0.6 is 0 Å². The average molecular weight is 215 g/mol. The molecule has 1 saturated heterocycles. The van der Waals surface area contributed by atoms with Gasteiger partial charge in [-0.15, -0.1) is 0 Å². The SMILES string of the molecule is NCCNC(=O)C(=O)NC1CCOCC1. The maximum absolute atomic E-state index is 11.3. The Hall–Kier alpha value is -1.14. The molecule has 0 aromatic carbocycles. The maximum atomic E-state index is 11.3. The Bertz CT molecular complexity index is 227. The van der Waals surface area contributed by atoms with Crippen LogP contribution in [0.2, 0.25) is 0 Å². The quantitative estimate of drug-likeness (QED) is 0.492. The summed E-state index contributed by atoms with van der Waals surface area (Å²) in [4.78, 5) is 22.5. The fourth-order valence-corrected chi connectivity index (χ4v) is 1.36. The molecule has 15 heavy (non-hydrogen) atoms. The molecule has 1 fully saturated rings. The van der Waals surface area contributed by atoms with Gasteiger partial charge in [-0.05, 0) is 12.8 Å². The van der Waals surface area contributed by atoms with Gasteiger partial charge in [-0.3, -0.25) is 9.59 Å². The molecule has 0 unspecified atom stereocenters. The molecule has 4 N–H and O–H groups in total. The first-order valence-electron chi connectivity index (χ1n) is 5.10. The molecular weight excluding hydrogens is 198 g/mol. The molecule has 6 heteroatoms. The minimum absolute atomic E-state index is 0.0508. The second kappa shape index (κ2) is 6.36. The number of nitrogens with two attached hydrogens (primary N) is 1. The first-order chi connectivity index (χ1) is 7.24. The molecular formula is C9H17N3O3. The van der Waals surface area contributed by atoms with E-state index in [-0.39, 0.29) is 6.04 Å². The molecule has 2 amide bonds. The molecule has 86 valence electrons. The monoisotopic (exact) mass is 215 g/mol. The molecule has 0 aromatic heterocycles. The zero-order valence-electron chi connectivity index (χ0n) is 8.62. The van der Waals surface area contributed by atoms with Gasteiger partial charge in [-0.2, -0.15) is 0 Å². The molecule has 1 aliphatic heterocycles. The van der Waals surface area contributed by atoms with Gasteiger partial charge in [0.1, 0.15) is 0 Å². The minimum atomic E-state index is -0.619. The van der Waals surface area contributed by atoms with Crippen molar-refractivity contribution >= 4 is 11.8 Å². The van der Waals surface area contributed by atoms with E-state index in [2.05, 4.69) is 10.6 Å². The van der Waals surface area contributed by atoms with Crippen molar-refractivity contribution in [1.82, 2.24) is 10.6 Å². The summed E-state index contributed by atoms with van der Waals surface area (Å²) in [6.07, 6.45) is 1.52. The summed E-state index contributed by atoms with van der Waals surface area (Å²) in [6, 6.07) is 0.0508. The molecule has 0 aliphatic carbocycles. The zero-order valence-corrected chi connectivity index (χ0v) is 8.62. The van der Waals surface area contributed by atoms with Crippen LogP contribution in [0.1, 0.15) is 12.8 Å². The molecule has 1 rings (SSSR count). The number of carbonyl (C=O) groups excluding carboxylic acids is 2. The number of carbonyl (C=O) groups is 2. The van der Waals surface area contributed by atoms with Crippen molar-refractivity contribution in [2.24, 2.45) is 5.73 Å². The number of ether oxygens (including phenoxy) is 1. The third-order valence-corrected chi connectivity index (χ3v) is 2.19. The average Bonchev–Trinajstić information content (AvgIpc) is 2.27. The van der Waals surface area contributed by atoms with E-state index in [0.717, 1.165) is 12.8 Å². The first kappa shape index (κ1) is 11.9. The second-order valence-corrected chi connectivity index (χ2v) is 3.40. The number of amides is 2. The molecule has 0 aromatic rings. The van der Waals surface area contributed by atoms with Crippen molar-refractivity contribution in [3.8, 4) is 0 Å². The molecule has 0 saturated carbocycles. The van der Waals surface area contributed by atoms with Gasteiger partial charge in [0, 0.05) is 32.3 Å². The summed E-state index contributed by atoms with van der Waals surface area (Å²) in [6.45, 7) is 1.92. The molecule has 0 bridgehead atoms. The lowest BCUT2D eigenvalue weighted by Crippen LogP contribution is -2.47. The van der Waals surface area contributed by atoms with E-state index < -0.39 is 11.8 Å². The Kier molecular flexibility index (Phi) is 5.06. The highest BCUT2D eigenvalue weighted by atomic mass is 16.5.